The van der Waals surface area contributed by atoms with Crippen LogP contribution in [0.2, 0.25) is 0 Å². The Hall–Kier alpha value is -3.81. The molecule has 154 valence electrons. The van der Waals surface area contributed by atoms with Gasteiger partial charge in [-0.2, -0.15) is 0 Å². The second kappa shape index (κ2) is 8.14. The third-order valence-corrected chi connectivity index (χ3v) is 5.00. The number of hydrogen-bond acceptors (Lipinski definition) is 5. The molecule has 31 heavy (non-hydrogen) atoms. The highest BCUT2D eigenvalue weighted by molar-refractivity contribution is 6.30. The third kappa shape index (κ3) is 3.96. The molecule has 0 spiro atoms. The van der Waals surface area contributed by atoms with E-state index in [-0.39, 0.29) is 22.4 Å². The largest absolute Gasteiger partial charge is 0.494 e. The fraction of sp³-hybridized carbons (Fsp3) is 0.130. The number of nitrogens with zero attached hydrogens (tertiary/aromatic N) is 3. The molecule has 6 nitrogen and oxygen atoms in total. The Morgan fingerprint density at radius 3 is 2.68 bits per heavy atom. The molecule has 1 aromatic carbocycles. The van der Waals surface area contributed by atoms with Crippen molar-refractivity contribution in [2.45, 2.75) is 13.5 Å². The van der Waals surface area contributed by atoms with Gasteiger partial charge < -0.3 is 9.30 Å². The van der Waals surface area contributed by atoms with Crippen LogP contribution >= 0.6 is 0 Å². The zero-order valence-corrected chi connectivity index (χ0v) is 17.3. The summed E-state index contributed by atoms with van der Waals surface area (Å²) >= 11 is 0. The minimum Gasteiger partial charge on any atom is -0.494 e. The molecular weight excluding hydrogens is 396 g/mol. The summed E-state index contributed by atoms with van der Waals surface area (Å²) in [7, 11) is 3.24. The van der Waals surface area contributed by atoms with Gasteiger partial charge in [-0.1, -0.05) is 12.1 Å². The van der Waals surface area contributed by atoms with Gasteiger partial charge in [-0.05, 0) is 48.9 Å². The molecule has 4 aromatic rings. The van der Waals surface area contributed by atoms with Gasteiger partial charge in [0.05, 0.1) is 30.4 Å². The average Bonchev–Trinajstić information content (AvgIpc) is 2.75. The first-order valence-corrected chi connectivity index (χ1v) is 9.69. The summed E-state index contributed by atoms with van der Waals surface area (Å²) in [6.07, 6.45) is 1.50. The van der Waals surface area contributed by atoms with E-state index in [1.54, 1.807) is 17.6 Å². The summed E-state index contributed by atoms with van der Waals surface area (Å²) in [4.78, 5) is 35.2. The minimum absolute atomic E-state index is 0.0234. The Morgan fingerprint density at radius 2 is 1.97 bits per heavy atom. The summed E-state index contributed by atoms with van der Waals surface area (Å²) in [5.41, 5.74) is 2.56. The van der Waals surface area contributed by atoms with Gasteiger partial charge in [0.1, 0.15) is 5.52 Å². The van der Waals surface area contributed by atoms with Gasteiger partial charge in [-0.3, -0.25) is 14.6 Å². The van der Waals surface area contributed by atoms with Crippen LogP contribution in [0.4, 0.5) is 4.39 Å². The molecule has 0 radical (unpaired) electrons. The summed E-state index contributed by atoms with van der Waals surface area (Å²) in [5, 5.41) is 0. The monoisotopic (exact) mass is 415 g/mol. The normalized spacial score (nSPS) is 10.9. The molecule has 0 saturated heterocycles. The first kappa shape index (κ1) is 20.5. The molecule has 0 aliphatic carbocycles. The molecule has 0 unspecified atom stereocenters. The van der Waals surface area contributed by atoms with Crippen molar-refractivity contribution < 1.29 is 13.9 Å². The van der Waals surface area contributed by atoms with E-state index in [0.29, 0.717) is 17.8 Å². The number of aromatic nitrogens is 3. The fourth-order valence-corrected chi connectivity index (χ4v) is 3.48. The van der Waals surface area contributed by atoms with Gasteiger partial charge in [-0.15, -0.1) is 0 Å². The van der Waals surface area contributed by atoms with Crippen LogP contribution in [0.1, 0.15) is 27.3 Å². The molecule has 0 fully saturated rings. The van der Waals surface area contributed by atoms with Crippen molar-refractivity contribution in [3.05, 3.63) is 93.3 Å². The Bertz CT molecular complexity index is 1380. The van der Waals surface area contributed by atoms with Gasteiger partial charge in [0, 0.05) is 17.5 Å². The number of ketones is 1. The Morgan fingerprint density at radius 1 is 1.16 bits per heavy atom. The molecule has 0 saturated carbocycles. The topological polar surface area (TPSA) is 74.1 Å². The number of rotatable bonds is 5. The van der Waals surface area contributed by atoms with E-state index in [0.717, 1.165) is 17.4 Å². The average molecular weight is 415 g/mol. The standard InChI is InChI=1S/C23H19BFN3O3/c1-13-6-8-18-21(26-13)23(30)16(12-28(18)11-15-4-3-5-20(24)27-15)22(29)14-7-9-19(31-2)17(25)10-14/h3-10,12H,11,24H2,1-2H3. The Balaban J connectivity index is 1.89. The van der Waals surface area contributed by atoms with Gasteiger partial charge >= 0.3 is 0 Å². The summed E-state index contributed by atoms with van der Waals surface area (Å²) in [6, 6.07) is 13.1. The molecule has 4 rings (SSSR count). The van der Waals surface area contributed by atoms with E-state index in [4.69, 9.17) is 4.74 Å². The first-order chi connectivity index (χ1) is 14.9. The molecule has 0 N–H and O–H groups in total. The lowest BCUT2D eigenvalue weighted by Crippen LogP contribution is -2.22. The van der Waals surface area contributed by atoms with Crippen LogP contribution in [0, 0.1) is 12.7 Å². The van der Waals surface area contributed by atoms with E-state index < -0.39 is 17.0 Å². The maximum absolute atomic E-state index is 14.2. The predicted molar refractivity (Wildman–Crippen MR) is 119 cm³/mol. The Labute approximate surface area is 178 Å². The van der Waals surface area contributed by atoms with Gasteiger partial charge in [-0.25, -0.2) is 9.37 Å². The number of hydrogen-bond donors (Lipinski definition) is 0. The number of methoxy groups -OCH3 is 1. The van der Waals surface area contributed by atoms with Crippen molar-refractivity contribution in [2.75, 3.05) is 7.11 Å². The van der Waals surface area contributed by atoms with Crippen LogP contribution in [0.25, 0.3) is 11.0 Å². The first-order valence-electron chi connectivity index (χ1n) is 9.69. The fourth-order valence-electron chi connectivity index (χ4n) is 3.48. The van der Waals surface area contributed by atoms with Crippen LogP contribution < -0.4 is 15.8 Å². The van der Waals surface area contributed by atoms with Crippen LogP contribution in [-0.4, -0.2) is 35.3 Å². The summed E-state index contributed by atoms with van der Waals surface area (Å²) in [5.74, 6) is -1.23. The number of halogens is 1. The number of carbonyl (C=O) groups is 1. The molecule has 0 aliphatic rings. The van der Waals surface area contributed by atoms with Gasteiger partial charge in [0.25, 0.3) is 0 Å². The second-order valence-corrected chi connectivity index (χ2v) is 7.27. The number of ether oxygens (including phenoxy) is 1. The number of pyridine rings is 3. The maximum Gasteiger partial charge on any atom is 0.218 e. The third-order valence-electron chi connectivity index (χ3n) is 5.00. The highest BCUT2D eigenvalue weighted by atomic mass is 19.1. The highest BCUT2D eigenvalue weighted by Crippen LogP contribution is 2.20. The number of aryl methyl sites for hydroxylation is 1. The smallest absolute Gasteiger partial charge is 0.218 e. The molecule has 3 aromatic heterocycles. The summed E-state index contributed by atoms with van der Waals surface area (Å²) in [6.45, 7) is 2.12. The van der Waals surface area contributed by atoms with Crippen molar-refractivity contribution in [1.29, 1.82) is 0 Å². The van der Waals surface area contributed by atoms with Crippen LogP contribution in [0.15, 0.2) is 59.5 Å². The van der Waals surface area contributed by atoms with E-state index in [1.807, 2.05) is 32.1 Å². The van der Waals surface area contributed by atoms with E-state index in [2.05, 4.69) is 9.97 Å². The SMILES string of the molecule is Bc1cccc(Cn2cc(C(=O)c3ccc(OC)c(F)c3)c(=O)c3nc(C)ccc32)n1. The molecule has 0 amide bonds. The molecule has 3 heterocycles. The summed E-state index contributed by atoms with van der Waals surface area (Å²) < 4.78 is 20.8. The molecule has 0 bridgehead atoms. The van der Waals surface area contributed by atoms with Crippen molar-refractivity contribution in [2.24, 2.45) is 0 Å². The van der Waals surface area contributed by atoms with Gasteiger partial charge in [0.2, 0.25) is 5.43 Å². The number of benzene rings is 1. The van der Waals surface area contributed by atoms with Crippen molar-refractivity contribution in [1.82, 2.24) is 14.5 Å². The molecular formula is C23H19BFN3O3. The van der Waals surface area contributed by atoms with E-state index in [1.165, 1.54) is 25.4 Å². The molecule has 8 heteroatoms. The van der Waals surface area contributed by atoms with Crippen molar-refractivity contribution >= 4 is 30.3 Å². The predicted octanol–water partition coefficient (Wildman–Crippen LogP) is 1.79. The lowest BCUT2D eigenvalue weighted by atomic mass is 10.0. The van der Waals surface area contributed by atoms with E-state index in [9.17, 15) is 14.0 Å². The molecule has 0 atom stereocenters. The zero-order valence-electron chi connectivity index (χ0n) is 17.3. The second-order valence-electron chi connectivity index (χ2n) is 7.27. The quantitative estimate of drug-likeness (QED) is 0.367. The lowest BCUT2D eigenvalue weighted by molar-refractivity contribution is 0.103. The Kier molecular flexibility index (Phi) is 5.37. The molecule has 0 aliphatic heterocycles. The lowest BCUT2D eigenvalue weighted by Gasteiger charge is -2.13. The minimum atomic E-state index is -0.674. The highest BCUT2D eigenvalue weighted by Gasteiger charge is 2.20. The maximum atomic E-state index is 14.2. The van der Waals surface area contributed by atoms with Crippen molar-refractivity contribution in [3.63, 3.8) is 0 Å². The number of carbonyl (C=O) groups excluding carboxylic acids is 1. The zero-order chi connectivity index (χ0) is 22.1. The van der Waals surface area contributed by atoms with Crippen LogP contribution in [0.3, 0.4) is 0 Å². The van der Waals surface area contributed by atoms with Crippen LogP contribution in [-0.2, 0) is 6.54 Å². The van der Waals surface area contributed by atoms with Crippen molar-refractivity contribution in [3.8, 4) is 5.75 Å². The van der Waals surface area contributed by atoms with Crippen LogP contribution in [0.5, 0.6) is 5.75 Å². The number of fused-ring (bicyclic) bond motifs is 1. The van der Waals surface area contributed by atoms with Gasteiger partial charge in [0.15, 0.2) is 25.2 Å². The van der Waals surface area contributed by atoms with E-state index >= 15 is 0 Å².